The second kappa shape index (κ2) is 25.2. The third-order valence-electron chi connectivity index (χ3n) is 3.50. The van der Waals surface area contributed by atoms with Crippen LogP contribution in [-0.2, 0) is 75.0 Å². The first kappa shape index (κ1) is 35.6. The number of hydrogen-bond acceptors (Lipinski definition) is 3. The SMILES string of the molecule is CCCCCCCOc1ccc(C)cc1.C[CH-]C(C)=O.[CH-]=C(C)C(C)=O.[Y].[Y]. The van der Waals surface area contributed by atoms with Gasteiger partial charge in [0.05, 0.1) is 6.61 Å². The van der Waals surface area contributed by atoms with E-state index in [1.54, 1.807) is 13.8 Å². The maximum Gasteiger partial charge on any atom is 0.119 e. The number of ether oxygens (including phenoxy) is 1. The molecule has 0 saturated carbocycles. The van der Waals surface area contributed by atoms with Crippen molar-refractivity contribution >= 4 is 11.6 Å². The quantitative estimate of drug-likeness (QED) is 0.217. The molecule has 3 nitrogen and oxygen atoms in total. The summed E-state index contributed by atoms with van der Waals surface area (Å²) in [6.07, 6.45) is 7.99. The second-order valence-corrected chi connectivity index (χ2v) is 6.21. The van der Waals surface area contributed by atoms with E-state index in [0.29, 0.717) is 5.57 Å². The summed E-state index contributed by atoms with van der Waals surface area (Å²) in [7, 11) is 0. The summed E-state index contributed by atoms with van der Waals surface area (Å²) in [6.45, 7) is 16.5. The summed E-state index contributed by atoms with van der Waals surface area (Å²) < 4.78 is 5.64. The molecule has 5 heteroatoms. The third-order valence-corrected chi connectivity index (χ3v) is 3.50. The van der Waals surface area contributed by atoms with Gasteiger partial charge in [-0.25, -0.2) is 0 Å². The zero-order valence-corrected chi connectivity index (χ0v) is 24.3. The van der Waals surface area contributed by atoms with Crippen molar-refractivity contribution in [1.82, 2.24) is 0 Å². The Kier molecular flexibility index (Phi) is 32.1. The first-order chi connectivity index (χ1) is 12.2. The van der Waals surface area contributed by atoms with Crippen molar-refractivity contribution in [3.05, 3.63) is 48.4 Å². The molecule has 2 radical (unpaired) electrons. The largest absolute Gasteiger partial charge is 0.494 e. The molecule has 0 aliphatic carbocycles. The summed E-state index contributed by atoms with van der Waals surface area (Å²) >= 11 is 0. The Morgan fingerprint density at radius 3 is 1.75 bits per heavy atom. The van der Waals surface area contributed by atoms with Crippen LogP contribution in [0.3, 0.4) is 0 Å². The molecule has 1 rings (SSSR count). The number of rotatable bonds is 9. The van der Waals surface area contributed by atoms with Gasteiger partial charge >= 0.3 is 0 Å². The Morgan fingerprint density at radius 1 is 0.964 bits per heavy atom. The minimum Gasteiger partial charge on any atom is -0.494 e. The van der Waals surface area contributed by atoms with E-state index in [-0.39, 0.29) is 77.0 Å². The van der Waals surface area contributed by atoms with Crippen LogP contribution in [0.2, 0.25) is 0 Å². The first-order valence-electron chi connectivity index (χ1n) is 9.33. The van der Waals surface area contributed by atoms with E-state index in [1.807, 2.05) is 12.1 Å². The minimum atomic E-state index is -0.0463. The molecule has 0 amide bonds. The molecule has 0 atom stereocenters. The molecule has 0 saturated heterocycles. The standard InChI is InChI=1S/C14H22O.C5H7O.C4H7O.2Y/c1-3-4-5-6-7-12-15-14-10-8-13(2)9-11-14;1-4(2)5(3)6;1-3-4(2)5;;/h8-11H,3-7,12H2,1-2H3;1H,2-3H3;3H,1-2H3;;/q;2*-1;;. The van der Waals surface area contributed by atoms with Crippen molar-refractivity contribution in [3.8, 4) is 5.75 Å². The van der Waals surface area contributed by atoms with Gasteiger partial charge in [0.15, 0.2) is 0 Å². The average Bonchev–Trinajstić information content (AvgIpc) is 2.60. The van der Waals surface area contributed by atoms with E-state index in [9.17, 15) is 9.59 Å². The van der Waals surface area contributed by atoms with Crippen molar-refractivity contribution in [2.45, 2.75) is 73.6 Å². The molecule has 1 aromatic carbocycles. The molecule has 0 aliphatic heterocycles. The van der Waals surface area contributed by atoms with Crippen LogP contribution in [0.25, 0.3) is 0 Å². The number of ketones is 2. The summed E-state index contributed by atoms with van der Waals surface area (Å²) in [4.78, 5) is 19.7. The molecular weight excluding hydrogens is 502 g/mol. The van der Waals surface area contributed by atoms with Gasteiger partial charge in [0.1, 0.15) is 5.75 Å². The van der Waals surface area contributed by atoms with Crippen LogP contribution in [-0.4, -0.2) is 18.2 Å². The molecule has 154 valence electrons. The summed E-state index contributed by atoms with van der Waals surface area (Å²) in [5.41, 5.74) is 1.65. The number of unbranched alkanes of at least 4 members (excludes halogenated alkanes) is 4. The van der Waals surface area contributed by atoms with Gasteiger partial charge in [-0.2, -0.15) is 12.5 Å². The maximum atomic E-state index is 9.98. The van der Waals surface area contributed by atoms with Crippen molar-refractivity contribution in [2.75, 3.05) is 6.61 Å². The van der Waals surface area contributed by atoms with Gasteiger partial charge in [-0.1, -0.05) is 64.2 Å². The maximum absolute atomic E-state index is 9.98. The van der Waals surface area contributed by atoms with Crippen molar-refractivity contribution in [1.29, 1.82) is 0 Å². The average molecular weight is 538 g/mol. The fourth-order valence-electron chi connectivity index (χ4n) is 1.53. The van der Waals surface area contributed by atoms with E-state index in [4.69, 9.17) is 11.3 Å². The Labute approximate surface area is 223 Å². The summed E-state index contributed by atoms with van der Waals surface area (Å²) in [6, 6.07) is 8.27. The Morgan fingerprint density at radius 2 is 1.39 bits per heavy atom. The summed E-state index contributed by atoms with van der Waals surface area (Å²) in [5, 5.41) is 0. The normalized spacial score (nSPS) is 8.36. The van der Waals surface area contributed by atoms with Crippen LogP contribution in [0.1, 0.15) is 72.3 Å². The Balaban J connectivity index is -0.000000187. The van der Waals surface area contributed by atoms with E-state index in [2.05, 4.69) is 26.0 Å². The monoisotopic (exact) mass is 538 g/mol. The summed E-state index contributed by atoms with van der Waals surface area (Å²) in [5.74, 6) is 1.08. The fraction of sp³-hybridized carbons (Fsp3) is 0.522. The zero-order valence-electron chi connectivity index (χ0n) is 18.6. The van der Waals surface area contributed by atoms with Gasteiger partial charge in [0.25, 0.3) is 0 Å². The molecular formula is C23H36O3Y2-2. The van der Waals surface area contributed by atoms with Crippen molar-refractivity contribution in [2.24, 2.45) is 0 Å². The van der Waals surface area contributed by atoms with Gasteiger partial charge in [0.2, 0.25) is 0 Å². The number of carbonyl (C=O) groups is 2. The fourth-order valence-corrected chi connectivity index (χ4v) is 1.53. The number of aryl methyl sites for hydroxylation is 1. The molecule has 0 aliphatic rings. The van der Waals surface area contributed by atoms with Gasteiger partial charge < -0.3 is 20.7 Å². The van der Waals surface area contributed by atoms with Crippen LogP contribution in [0.4, 0.5) is 0 Å². The van der Waals surface area contributed by atoms with Gasteiger partial charge in [-0.05, 0) is 38.2 Å². The number of Topliss-reactive ketones (excluding diaryl/α,β-unsaturated/α-hetero) is 2. The minimum absolute atomic E-state index is 0. The number of allylic oxidation sites excluding steroid dienone is 1. The van der Waals surface area contributed by atoms with Gasteiger partial charge in [-0.15, -0.1) is 0 Å². The van der Waals surface area contributed by atoms with E-state index in [1.165, 1.54) is 57.9 Å². The van der Waals surface area contributed by atoms with Crippen LogP contribution < -0.4 is 4.74 Å². The molecule has 0 N–H and O–H groups in total. The van der Waals surface area contributed by atoms with Crippen LogP contribution >= 0.6 is 0 Å². The predicted molar refractivity (Wildman–Crippen MR) is 110 cm³/mol. The van der Waals surface area contributed by atoms with Crippen molar-refractivity contribution < 1.29 is 79.7 Å². The van der Waals surface area contributed by atoms with E-state index in [0.717, 1.165) is 12.4 Å². The predicted octanol–water partition coefficient (Wildman–Crippen LogP) is 6.09. The number of carbonyl (C=O) groups excluding carboxylic acids is 2. The topological polar surface area (TPSA) is 43.4 Å². The van der Waals surface area contributed by atoms with Gasteiger partial charge in [-0.3, -0.25) is 6.58 Å². The Hall–Kier alpha value is 0.178. The number of benzene rings is 1. The second-order valence-electron chi connectivity index (χ2n) is 6.21. The van der Waals surface area contributed by atoms with E-state index >= 15 is 0 Å². The molecule has 0 unspecified atom stereocenters. The molecule has 0 heterocycles. The first-order valence-corrected chi connectivity index (χ1v) is 9.33. The molecule has 0 bridgehead atoms. The third kappa shape index (κ3) is 28.4. The van der Waals surface area contributed by atoms with Crippen LogP contribution in [0, 0.1) is 19.9 Å². The van der Waals surface area contributed by atoms with Crippen molar-refractivity contribution in [3.63, 3.8) is 0 Å². The molecule has 0 fully saturated rings. The molecule has 0 aromatic heterocycles. The molecule has 1 aromatic rings. The Bertz CT molecular complexity index is 499. The van der Waals surface area contributed by atoms with Crippen LogP contribution in [0.5, 0.6) is 5.75 Å². The van der Waals surface area contributed by atoms with Crippen LogP contribution in [0.15, 0.2) is 29.8 Å². The smallest absolute Gasteiger partial charge is 0.119 e. The molecule has 0 spiro atoms. The van der Waals surface area contributed by atoms with E-state index < -0.39 is 0 Å². The van der Waals surface area contributed by atoms with Gasteiger partial charge in [0, 0.05) is 71.2 Å². The molecule has 28 heavy (non-hydrogen) atoms. The zero-order chi connectivity index (χ0) is 20.4. The number of hydrogen-bond donors (Lipinski definition) is 0.